The summed E-state index contributed by atoms with van der Waals surface area (Å²) in [6.07, 6.45) is 3.99. The maximum Gasteiger partial charge on any atom is 0.165 e. The third-order valence-electron chi connectivity index (χ3n) is 5.30. The Morgan fingerprint density at radius 2 is 1.96 bits per heavy atom. The zero-order valence-electron chi connectivity index (χ0n) is 16.2. The predicted molar refractivity (Wildman–Crippen MR) is 111 cm³/mol. The van der Waals surface area contributed by atoms with Crippen LogP contribution in [0.4, 0.5) is 10.2 Å². The monoisotopic (exact) mass is 379 g/mol. The number of nitrogens with zero attached hydrogens (tertiary/aromatic N) is 2. The van der Waals surface area contributed by atoms with E-state index in [0.29, 0.717) is 18.4 Å². The summed E-state index contributed by atoms with van der Waals surface area (Å²) >= 11 is 0. The number of pyridine rings is 1. The molecule has 0 radical (unpaired) electrons. The van der Waals surface area contributed by atoms with Crippen LogP contribution < -0.4 is 10.1 Å². The third kappa shape index (κ3) is 4.25. The van der Waals surface area contributed by atoms with Gasteiger partial charge in [-0.1, -0.05) is 30.3 Å². The molecule has 146 valence electrons. The maximum absolute atomic E-state index is 13.8. The number of halogens is 1. The Balaban J connectivity index is 1.35. The highest BCUT2D eigenvalue weighted by Crippen LogP contribution is 2.25. The van der Waals surface area contributed by atoms with Gasteiger partial charge < -0.3 is 10.1 Å². The number of benzene rings is 2. The molecule has 0 amide bonds. The van der Waals surface area contributed by atoms with Crippen LogP contribution in [-0.4, -0.2) is 35.6 Å². The van der Waals surface area contributed by atoms with E-state index in [2.05, 4.69) is 39.5 Å². The first-order valence-electron chi connectivity index (χ1n) is 9.97. The van der Waals surface area contributed by atoms with Gasteiger partial charge in [0.2, 0.25) is 0 Å². The van der Waals surface area contributed by atoms with Crippen molar-refractivity contribution in [3.8, 4) is 5.75 Å². The predicted octanol–water partition coefficient (Wildman–Crippen LogP) is 4.85. The molecule has 0 unspecified atom stereocenters. The Morgan fingerprint density at radius 1 is 1.14 bits per heavy atom. The Labute approximate surface area is 165 Å². The molecule has 2 aromatic carbocycles. The highest BCUT2D eigenvalue weighted by Gasteiger charge is 2.20. The molecule has 4 rings (SSSR count). The standard InChI is InChI=1S/C23H26FN3O/c1-2-28-22-15-17(7-8-21(22)24)16-27-13-10-19(11-14-27)26-23-20-6-4-3-5-18(20)9-12-25-23/h3-9,12,15,19H,2,10-11,13-14,16H2,1H3,(H,25,26). The molecule has 1 aliphatic heterocycles. The lowest BCUT2D eigenvalue weighted by atomic mass is 10.0. The van der Waals surface area contributed by atoms with Crippen LogP contribution >= 0.6 is 0 Å². The van der Waals surface area contributed by atoms with Crippen molar-refractivity contribution in [2.24, 2.45) is 0 Å². The fourth-order valence-corrected chi connectivity index (χ4v) is 3.83. The minimum absolute atomic E-state index is 0.295. The van der Waals surface area contributed by atoms with Crippen molar-refractivity contribution >= 4 is 16.6 Å². The van der Waals surface area contributed by atoms with E-state index in [4.69, 9.17) is 4.74 Å². The van der Waals surface area contributed by atoms with Crippen molar-refractivity contribution in [2.45, 2.75) is 32.4 Å². The Morgan fingerprint density at radius 3 is 2.79 bits per heavy atom. The molecule has 0 bridgehead atoms. The topological polar surface area (TPSA) is 37.4 Å². The lowest BCUT2D eigenvalue weighted by molar-refractivity contribution is 0.210. The normalized spacial score (nSPS) is 15.6. The van der Waals surface area contributed by atoms with Crippen molar-refractivity contribution < 1.29 is 9.13 Å². The van der Waals surface area contributed by atoms with Crippen LogP contribution in [0.2, 0.25) is 0 Å². The van der Waals surface area contributed by atoms with E-state index >= 15 is 0 Å². The number of anilines is 1. The minimum Gasteiger partial charge on any atom is -0.491 e. The molecule has 0 aliphatic carbocycles. The van der Waals surface area contributed by atoms with Crippen LogP contribution in [0.1, 0.15) is 25.3 Å². The largest absolute Gasteiger partial charge is 0.491 e. The molecule has 28 heavy (non-hydrogen) atoms. The second kappa shape index (κ2) is 8.57. The number of fused-ring (bicyclic) bond motifs is 1. The highest BCUT2D eigenvalue weighted by atomic mass is 19.1. The van der Waals surface area contributed by atoms with E-state index in [9.17, 15) is 4.39 Å². The molecular weight excluding hydrogens is 353 g/mol. The number of likely N-dealkylation sites (tertiary alicyclic amines) is 1. The summed E-state index contributed by atoms with van der Waals surface area (Å²) in [4.78, 5) is 6.96. The van der Waals surface area contributed by atoms with Crippen molar-refractivity contribution in [3.63, 3.8) is 0 Å². The van der Waals surface area contributed by atoms with Gasteiger partial charge in [0.1, 0.15) is 5.82 Å². The zero-order chi connectivity index (χ0) is 19.3. The molecule has 4 nitrogen and oxygen atoms in total. The average molecular weight is 379 g/mol. The lowest BCUT2D eigenvalue weighted by Crippen LogP contribution is -2.38. The molecule has 0 atom stereocenters. The molecular formula is C23H26FN3O. The summed E-state index contributed by atoms with van der Waals surface area (Å²) < 4.78 is 19.1. The van der Waals surface area contributed by atoms with Crippen LogP contribution in [0.15, 0.2) is 54.7 Å². The van der Waals surface area contributed by atoms with Gasteiger partial charge in [-0.05, 0) is 48.9 Å². The third-order valence-corrected chi connectivity index (χ3v) is 5.30. The summed E-state index contributed by atoms with van der Waals surface area (Å²) in [5, 5.41) is 6.01. The van der Waals surface area contributed by atoms with Crippen molar-refractivity contribution in [2.75, 3.05) is 25.0 Å². The molecule has 3 aromatic rings. The van der Waals surface area contributed by atoms with Gasteiger partial charge in [0.05, 0.1) is 6.61 Å². The van der Waals surface area contributed by atoms with Crippen LogP contribution in [0, 0.1) is 5.82 Å². The molecule has 1 fully saturated rings. The quantitative estimate of drug-likeness (QED) is 0.664. The summed E-state index contributed by atoms with van der Waals surface area (Å²) in [5.41, 5.74) is 1.09. The number of piperidine rings is 1. The second-order valence-electron chi connectivity index (χ2n) is 7.27. The number of hydrogen-bond acceptors (Lipinski definition) is 4. The highest BCUT2D eigenvalue weighted by molar-refractivity contribution is 5.91. The number of nitrogens with one attached hydrogen (secondary N) is 1. The van der Waals surface area contributed by atoms with Gasteiger partial charge >= 0.3 is 0 Å². The van der Waals surface area contributed by atoms with Gasteiger partial charge in [0.25, 0.3) is 0 Å². The first kappa shape index (κ1) is 18.7. The van der Waals surface area contributed by atoms with Gasteiger partial charge in [-0.15, -0.1) is 0 Å². The van der Waals surface area contributed by atoms with E-state index in [-0.39, 0.29) is 5.82 Å². The molecule has 5 heteroatoms. The number of hydrogen-bond donors (Lipinski definition) is 1. The first-order chi connectivity index (χ1) is 13.7. The summed E-state index contributed by atoms with van der Waals surface area (Å²) in [6, 6.07) is 16.0. The van der Waals surface area contributed by atoms with Crippen molar-refractivity contribution in [3.05, 3.63) is 66.1 Å². The summed E-state index contributed by atoms with van der Waals surface area (Å²) in [7, 11) is 0. The number of ether oxygens (including phenoxy) is 1. The SMILES string of the molecule is CCOc1cc(CN2CCC(Nc3nccc4ccccc34)CC2)ccc1F. The smallest absolute Gasteiger partial charge is 0.165 e. The summed E-state index contributed by atoms with van der Waals surface area (Å²) in [5.74, 6) is 1.02. The Hall–Kier alpha value is -2.66. The van der Waals surface area contributed by atoms with E-state index in [0.717, 1.165) is 43.9 Å². The van der Waals surface area contributed by atoms with Gasteiger partial charge in [-0.3, -0.25) is 4.90 Å². The molecule has 1 saturated heterocycles. The lowest BCUT2D eigenvalue weighted by Gasteiger charge is -2.32. The second-order valence-corrected chi connectivity index (χ2v) is 7.27. The van der Waals surface area contributed by atoms with Gasteiger partial charge in [-0.2, -0.15) is 0 Å². The average Bonchev–Trinajstić information content (AvgIpc) is 2.72. The van der Waals surface area contributed by atoms with Crippen molar-refractivity contribution in [1.29, 1.82) is 0 Å². The Bertz CT molecular complexity index is 933. The molecule has 0 saturated carbocycles. The van der Waals surface area contributed by atoms with Crippen LogP contribution in [-0.2, 0) is 6.54 Å². The molecule has 2 heterocycles. The van der Waals surface area contributed by atoms with E-state index in [1.165, 1.54) is 16.8 Å². The van der Waals surface area contributed by atoms with E-state index in [1.54, 1.807) is 0 Å². The zero-order valence-corrected chi connectivity index (χ0v) is 16.2. The first-order valence-corrected chi connectivity index (χ1v) is 9.97. The van der Waals surface area contributed by atoms with Crippen LogP contribution in [0.5, 0.6) is 5.75 Å². The fraction of sp³-hybridized carbons (Fsp3) is 0.348. The van der Waals surface area contributed by atoms with Gasteiger partial charge in [0.15, 0.2) is 11.6 Å². The number of aromatic nitrogens is 1. The van der Waals surface area contributed by atoms with E-state index in [1.807, 2.05) is 31.3 Å². The van der Waals surface area contributed by atoms with E-state index < -0.39 is 0 Å². The fourth-order valence-electron chi connectivity index (χ4n) is 3.83. The van der Waals surface area contributed by atoms with Crippen LogP contribution in [0.25, 0.3) is 10.8 Å². The number of rotatable bonds is 6. The van der Waals surface area contributed by atoms with Crippen LogP contribution in [0.3, 0.4) is 0 Å². The van der Waals surface area contributed by atoms with Crippen molar-refractivity contribution in [1.82, 2.24) is 9.88 Å². The Kier molecular flexibility index (Phi) is 5.72. The molecule has 1 aliphatic rings. The molecule has 1 aromatic heterocycles. The van der Waals surface area contributed by atoms with Gasteiger partial charge in [0, 0.05) is 37.3 Å². The molecule has 1 N–H and O–H groups in total. The van der Waals surface area contributed by atoms with Gasteiger partial charge in [-0.25, -0.2) is 9.37 Å². The summed E-state index contributed by atoms with van der Waals surface area (Å²) in [6.45, 7) is 5.17. The minimum atomic E-state index is -0.295. The molecule has 0 spiro atoms. The maximum atomic E-state index is 13.8.